The number of thioether (sulfide) groups is 1. The van der Waals surface area contributed by atoms with Gasteiger partial charge >= 0.3 is 0 Å². The third-order valence-electron chi connectivity index (χ3n) is 4.00. The Bertz CT molecular complexity index is 812. The van der Waals surface area contributed by atoms with Crippen LogP contribution in [0.25, 0.3) is 0 Å². The molecule has 2 aromatic carbocycles. The molecular weight excluding hydrogens is 338 g/mol. The highest BCUT2D eigenvalue weighted by molar-refractivity contribution is 7.98. The molecule has 0 radical (unpaired) electrons. The molecule has 0 bridgehead atoms. The van der Waals surface area contributed by atoms with E-state index < -0.39 is 0 Å². The van der Waals surface area contributed by atoms with Gasteiger partial charge in [-0.3, -0.25) is 0 Å². The summed E-state index contributed by atoms with van der Waals surface area (Å²) in [5.41, 5.74) is 3.85. The van der Waals surface area contributed by atoms with Crippen LogP contribution in [0.2, 0.25) is 5.02 Å². The van der Waals surface area contributed by atoms with Gasteiger partial charge in [-0.2, -0.15) is 0 Å². The second-order valence-corrected chi connectivity index (χ2v) is 7.04. The van der Waals surface area contributed by atoms with Gasteiger partial charge in [0, 0.05) is 23.7 Å². The number of hydrogen-bond donors (Lipinski definition) is 0. The van der Waals surface area contributed by atoms with Gasteiger partial charge in [-0.25, -0.2) is 0 Å². The fourth-order valence-corrected chi connectivity index (χ4v) is 3.80. The van der Waals surface area contributed by atoms with Gasteiger partial charge in [0.25, 0.3) is 0 Å². The Balaban J connectivity index is 1.74. The van der Waals surface area contributed by atoms with Crippen LogP contribution in [0.5, 0.6) is 0 Å². The third-order valence-corrected chi connectivity index (χ3v) is 5.27. The van der Waals surface area contributed by atoms with Gasteiger partial charge in [-0.05, 0) is 42.7 Å². The topological polar surface area (TPSA) is 30.7 Å². The number of rotatable bonds is 6. The second kappa shape index (κ2) is 7.86. The highest BCUT2D eigenvalue weighted by Crippen LogP contribution is 2.24. The minimum atomic E-state index is 0.755. The summed E-state index contributed by atoms with van der Waals surface area (Å²) in [6.07, 6.45) is 0.767. The van der Waals surface area contributed by atoms with Crippen molar-refractivity contribution in [2.24, 2.45) is 0 Å². The van der Waals surface area contributed by atoms with Crippen LogP contribution in [0, 0.1) is 6.92 Å². The van der Waals surface area contributed by atoms with Gasteiger partial charge in [-0.15, -0.1) is 10.2 Å². The minimum Gasteiger partial charge on any atom is -0.306 e. The van der Waals surface area contributed by atoms with Gasteiger partial charge < -0.3 is 4.57 Å². The molecule has 0 saturated carbocycles. The zero-order valence-corrected chi connectivity index (χ0v) is 15.4. The first-order chi connectivity index (χ1) is 11.7. The molecule has 124 valence electrons. The van der Waals surface area contributed by atoms with E-state index in [2.05, 4.69) is 52.9 Å². The molecule has 0 aliphatic heterocycles. The molecule has 0 unspecified atom stereocenters. The van der Waals surface area contributed by atoms with Crippen molar-refractivity contribution < 1.29 is 0 Å². The molecule has 0 fully saturated rings. The fourth-order valence-electron chi connectivity index (χ4n) is 2.57. The van der Waals surface area contributed by atoms with E-state index in [-0.39, 0.29) is 0 Å². The molecule has 1 aromatic heterocycles. The molecule has 1 heterocycles. The maximum atomic E-state index is 5.95. The Morgan fingerprint density at radius 1 is 1.04 bits per heavy atom. The SMILES string of the molecule is CCn1c(Cc2ccc(Cl)cc2)nnc1SCc1ccccc1C. The van der Waals surface area contributed by atoms with Crippen molar-refractivity contribution in [1.29, 1.82) is 0 Å². The van der Waals surface area contributed by atoms with Crippen LogP contribution in [0.3, 0.4) is 0 Å². The summed E-state index contributed by atoms with van der Waals surface area (Å²) in [5, 5.41) is 10.5. The molecule has 0 aliphatic rings. The first kappa shape index (κ1) is 17.1. The van der Waals surface area contributed by atoms with Crippen LogP contribution in [-0.2, 0) is 18.7 Å². The fraction of sp³-hybridized carbons (Fsp3) is 0.263. The lowest BCUT2D eigenvalue weighted by molar-refractivity contribution is 0.651. The molecule has 0 aliphatic carbocycles. The van der Waals surface area contributed by atoms with E-state index in [9.17, 15) is 0 Å². The molecular formula is C19H20ClN3S. The third kappa shape index (κ3) is 4.00. The standard InChI is InChI=1S/C19H20ClN3S/c1-3-23-18(12-15-8-10-17(20)11-9-15)21-22-19(23)24-13-16-7-5-4-6-14(16)2/h4-11H,3,12-13H2,1-2H3. The number of hydrogen-bond acceptors (Lipinski definition) is 3. The van der Waals surface area contributed by atoms with Gasteiger partial charge in [-0.1, -0.05) is 59.8 Å². The van der Waals surface area contributed by atoms with Gasteiger partial charge in [0.2, 0.25) is 0 Å². The Kier molecular flexibility index (Phi) is 5.59. The Morgan fingerprint density at radius 3 is 2.50 bits per heavy atom. The van der Waals surface area contributed by atoms with Crippen LogP contribution >= 0.6 is 23.4 Å². The molecule has 24 heavy (non-hydrogen) atoms. The zero-order chi connectivity index (χ0) is 16.9. The number of aryl methyl sites for hydroxylation is 1. The predicted molar refractivity (Wildman–Crippen MR) is 101 cm³/mol. The number of halogens is 1. The van der Waals surface area contributed by atoms with E-state index in [1.54, 1.807) is 11.8 Å². The summed E-state index contributed by atoms with van der Waals surface area (Å²) < 4.78 is 2.19. The van der Waals surface area contributed by atoms with Crippen LogP contribution in [0.15, 0.2) is 53.7 Å². The molecule has 3 rings (SSSR count). The van der Waals surface area contributed by atoms with Crippen molar-refractivity contribution in [1.82, 2.24) is 14.8 Å². The number of benzene rings is 2. The van der Waals surface area contributed by atoms with Crippen molar-refractivity contribution in [2.75, 3.05) is 0 Å². The molecule has 0 amide bonds. The van der Waals surface area contributed by atoms with Crippen LogP contribution < -0.4 is 0 Å². The van der Waals surface area contributed by atoms with Gasteiger partial charge in [0.15, 0.2) is 5.16 Å². The Morgan fingerprint density at radius 2 is 1.79 bits per heavy atom. The van der Waals surface area contributed by atoms with E-state index in [4.69, 9.17) is 11.6 Å². The first-order valence-electron chi connectivity index (χ1n) is 8.01. The zero-order valence-electron chi connectivity index (χ0n) is 13.9. The largest absolute Gasteiger partial charge is 0.306 e. The normalized spacial score (nSPS) is 11.0. The number of nitrogens with zero attached hydrogens (tertiary/aromatic N) is 3. The van der Waals surface area contributed by atoms with Crippen molar-refractivity contribution in [3.05, 3.63) is 76.1 Å². The smallest absolute Gasteiger partial charge is 0.191 e. The average Bonchev–Trinajstić information content (AvgIpc) is 2.98. The second-order valence-electron chi connectivity index (χ2n) is 5.66. The molecule has 0 atom stereocenters. The maximum absolute atomic E-state index is 5.95. The van der Waals surface area contributed by atoms with E-state index in [1.807, 2.05) is 24.3 Å². The van der Waals surface area contributed by atoms with Crippen molar-refractivity contribution in [3.63, 3.8) is 0 Å². The van der Waals surface area contributed by atoms with Crippen molar-refractivity contribution in [3.8, 4) is 0 Å². The summed E-state index contributed by atoms with van der Waals surface area (Å²) in [6.45, 7) is 5.14. The van der Waals surface area contributed by atoms with Crippen LogP contribution in [0.4, 0.5) is 0 Å². The summed E-state index contributed by atoms with van der Waals surface area (Å²) in [4.78, 5) is 0. The Labute approximate surface area is 152 Å². The van der Waals surface area contributed by atoms with Gasteiger partial charge in [0.1, 0.15) is 5.82 Å². The summed E-state index contributed by atoms with van der Waals surface area (Å²) in [5.74, 6) is 1.90. The first-order valence-corrected chi connectivity index (χ1v) is 9.37. The lowest BCUT2D eigenvalue weighted by Gasteiger charge is -2.08. The molecule has 0 saturated heterocycles. The Hall–Kier alpha value is -1.78. The summed E-state index contributed by atoms with van der Waals surface area (Å²) in [7, 11) is 0. The molecule has 0 N–H and O–H groups in total. The quantitative estimate of drug-likeness (QED) is 0.572. The molecule has 5 heteroatoms. The van der Waals surface area contributed by atoms with E-state index in [1.165, 1.54) is 16.7 Å². The monoisotopic (exact) mass is 357 g/mol. The van der Waals surface area contributed by atoms with Crippen LogP contribution in [-0.4, -0.2) is 14.8 Å². The molecule has 3 aromatic rings. The summed E-state index contributed by atoms with van der Waals surface area (Å²) in [6, 6.07) is 16.4. The highest BCUT2D eigenvalue weighted by Gasteiger charge is 2.12. The maximum Gasteiger partial charge on any atom is 0.191 e. The summed E-state index contributed by atoms with van der Waals surface area (Å²) >= 11 is 7.69. The van der Waals surface area contributed by atoms with E-state index >= 15 is 0 Å². The van der Waals surface area contributed by atoms with Crippen molar-refractivity contribution >= 4 is 23.4 Å². The number of aromatic nitrogens is 3. The predicted octanol–water partition coefficient (Wildman–Crippen LogP) is 5.14. The van der Waals surface area contributed by atoms with E-state index in [0.29, 0.717) is 0 Å². The average molecular weight is 358 g/mol. The molecule has 3 nitrogen and oxygen atoms in total. The van der Waals surface area contributed by atoms with E-state index in [0.717, 1.165) is 34.7 Å². The highest BCUT2D eigenvalue weighted by atomic mass is 35.5. The minimum absolute atomic E-state index is 0.755. The van der Waals surface area contributed by atoms with Crippen molar-refractivity contribution in [2.45, 2.75) is 37.7 Å². The lowest BCUT2D eigenvalue weighted by atomic mass is 10.1. The molecule has 0 spiro atoms. The van der Waals surface area contributed by atoms with Crippen LogP contribution in [0.1, 0.15) is 29.4 Å². The van der Waals surface area contributed by atoms with Gasteiger partial charge in [0.05, 0.1) is 0 Å². The lowest BCUT2D eigenvalue weighted by Crippen LogP contribution is -2.04.